The van der Waals surface area contributed by atoms with E-state index in [1.807, 2.05) is 13.0 Å². The summed E-state index contributed by atoms with van der Waals surface area (Å²) in [7, 11) is 0. The summed E-state index contributed by atoms with van der Waals surface area (Å²) in [6.45, 7) is 14.4. The SMILES string of the molecule is C=CCn1c(CCN2CCCCC2)nnc1SCC(=O)NC(C)c1ccc(CC(C)C)cc1. The van der Waals surface area contributed by atoms with Gasteiger partial charge in [0.1, 0.15) is 5.82 Å². The predicted molar refractivity (Wildman–Crippen MR) is 136 cm³/mol. The molecule has 0 saturated carbocycles. The second kappa shape index (κ2) is 12.9. The molecular weight excluding hydrogens is 430 g/mol. The minimum Gasteiger partial charge on any atom is -0.349 e. The highest BCUT2D eigenvalue weighted by atomic mass is 32.2. The van der Waals surface area contributed by atoms with Crippen molar-refractivity contribution in [2.75, 3.05) is 25.4 Å². The van der Waals surface area contributed by atoms with Crippen molar-refractivity contribution in [3.8, 4) is 0 Å². The number of carbonyl (C=O) groups is 1. The van der Waals surface area contributed by atoms with E-state index in [1.165, 1.54) is 49.7 Å². The normalized spacial score (nSPS) is 15.5. The van der Waals surface area contributed by atoms with E-state index in [0.29, 0.717) is 18.2 Å². The topological polar surface area (TPSA) is 63.1 Å². The van der Waals surface area contributed by atoms with Crippen LogP contribution in [-0.2, 0) is 24.2 Å². The van der Waals surface area contributed by atoms with Crippen LogP contribution in [0.15, 0.2) is 42.1 Å². The van der Waals surface area contributed by atoms with Gasteiger partial charge >= 0.3 is 0 Å². The zero-order valence-electron chi connectivity index (χ0n) is 20.4. The molecule has 0 bridgehead atoms. The molecule has 33 heavy (non-hydrogen) atoms. The molecule has 3 rings (SSSR count). The van der Waals surface area contributed by atoms with Gasteiger partial charge in [0.25, 0.3) is 0 Å². The number of aromatic nitrogens is 3. The third kappa shape index (κ3) is 8.00. The van der Waals surface area contributed by atoms with E-state index in [9.17, 15) is 4.79 Å². The van der Waals surface area contributed by atoms with E-state index >= 15 is 0 Å². The first kappa shape index (κ1) is 25.5. The first-order chi connectivity index (χ1) is 16.0. The molecule has 1 N–H and O–H groups in total. The van der Waals surface area contributed by atoms with Gasteiger partial charge in [-0.2, -0.15) is 0 Å². The molecule has 0 aliphatic carbocycles. The molecule has 2 heterocycles. The molecule has 7 heteroatoms. The van der Waals surface area contributed by atoms with E-state index in [1.54, 1.807) is 0 Å². The van der Waals surface area contributed by atoms with Gasteiger partial charge in [-0.25, -0.2) is 0 Å². The fourth-order valence-corrected chi connectivity index (χ4v) is 5.05. The van der Waals surface area contributed by atoms with Gasteiger partial charge < -0.3 is 14.8 Å². The van der Waals surface area contributed by atoms with E-state index < -0.39 is 0 Å². The Morgan fingerprint density at radius 2 is 1.88 bits per heavy atom. The van der Waals surface area contributed by atoms with Crippen molar-refractivity contribution in [1.82, 2.24) is 25.0 Å². The van der Waals surface area contributed by atoms with E-state index in [-0.39, 0.29) is 11.9 Å². The molecule has 1 aromatic carbocycles. The lowest BCUT2D eigenvalue weighted by Gasteiger charge is -2.26. The number of amides is 1. The number of nitrogens with zero attached hydrogens (tertiary/aromatic N) is 4. The summed E-state index contributed by atoms with van der Waals surface area (Å²) >= 11 is 1.44. The number of benzene rings is 1. The Balaban J connectivity index is 1.51. The average molecular weight is 470 g/mol. The van der Waals surface area contributed by atoms with Crippen LogP contribution < -0.4 is 5.32 Å². The number of allylic oxidation sites excluding steroid dienone is 1. The smallest absolute Gasteiger partial charge is 0.230 e. The second-order valence-electron chi connectivity index (χ2n) is 9.37. The minimum absolute atomic E-state index is 0.00165. The summed E-state index contributed by atoms with van der Waals surface area (Å²) in [5.74, 6) is 1.93. The maximum atomic E-state index is 12.6. The molecule has 2 aromatic rings. The number of carbonyl (C=O) groups excluding carboxylic acids is 1. The number of likely N-dealkylation sites (tertiary alicyclic amines) is 1. The Labute approximate surface area is 203 Å². The number of rotatable bonds is 12. The Morgan fingerprint density at radius 1 is 1.15 bits per heavy atom. The molecule has 1 atom stereocenters. The summed E-state index contributed by atoms with van der Waals surface area (Å²) in [5.41, 5.74) is 2.45. The Hall–Kier alpha value is -2.12. The Bertz CT molecular complexity index is 887. The van der Waals surface area contributed by atoms with Crippen molar-refractivity contribution in [3.05, 3.63) is 53.9 Å². The molecule has 1 fully saturated rings. The molecule has 1 amide bonds. The average Bonchev–Trinajstić information content (AvgIpc) is 3.19. The summed E-state index contributed by atoms with van der Waals surface area (Å²) < 4.78 is 2.09. The lowest BCUT2D eigenvalue weighted by Crippen LogP contribution is -2.32. The number of hydrogen-bond donors (Lipinski definition) is 1. The summed E-state index contributed by atoms with van der Waals surface area (Å²) in [4.78, 5) is 15.1. The molecule has 6 nitrogen and oxygen atoms in total. The van der Waals surface area contributed by atoms with Gasteiger partial charge in [0.05, 0.1) is 11.8 Å². The highest BCUT2D eigenvalue weighted by Crippen LogP contribution is 2.20. The van der Waals surface area contributed by atoms with Crippen molar-refractivity contribution in [3.63, 3.8) is 0 Å². The van der Waals surface area contributed by atoms with Crippen LogP contribution >= 0.6 is 11.8 Å². The maximum absolute atomic E-state index is 12.6. The van der Waals surface area contributed by atoms with Crippen molar-refractivity contribution < 1.29 is 4.79 Å². The highest BCUT2D eigenvalue weighted by Gasteiger charge is 2.17. The molecule has 1 aliphatic heterocycles. The first-order valence-corrected chi connectivity index (χ1v) is 13.2. The zero-order chi connectivity index (χ0) is 23.6. The monoisotopic (exact) mass is 469 g/mol. The van der Waals surface area contributed by atoms with Crippen LogP contribution in [0.25, 0.3) is 0 Å². The van der Waals surface area contributed by atoms with Crippen LogP contribution in [0, 0.1) is 5.92 Å². The van der Waals surface area contributed by atoms with Crippen LogP contribution in [0.2, 0.25) is 0 Å². The van der Waals surface area contributed by atoms with E-state index in [0.717, 1.165) is 35.9 Å². The lowest BCUT2D eigenvalue weighted by molar-refractivity contribution is -0.119. The van der Waals surface area contributed by atoms with Crippen molar-refractivity contribution in [1.29, 1.82) is 0 Å². The quantitative estimate of drug-likeness (QED) is 0.362. The third-order valence-corrected chi connectivity index (χ3v) is 7.01. The van der Waals surface area contributed by atoms with Gasteiger partial charge in [-0.05, 0) is 56.3 Å². The van der Waals surface area contributed by atoms with Gasteiger partial charge in [0, 0.05) is 19.5 Å². The van der Waals surface area contributed by atoms with Gasteiger partial charge in [0.2, 0.25) is 5.91 Å². The molecule has 0 spiro atoms. The van der Waals surface area contributed by atoms with Gasteiger partial charge in [-0.3, -0.25) is 4.79 Å². The third-order valence-electron chi connectivity index (χ3n) is 6.04. The number of nitrogens with one attached hydrogen (secondary N) is 1. The molecule has 1 aromatic heterocycles. The summed E-state index contributed by atoms with van der Waals surface area (Å²) in [5, 5.41) is 12.7. The highest BCUT2D eigenvalue weighted by molar-refractivity contribution is 7.99. The Morgan fingerprint density at radius 3 is 2.55 bits per heavy atom. The van der Waals surface area contributed by atoms with Crippen LogP contribution in [0.5, 0.6) is 0 Å². The van der Waals surface area contributed by atoms with Gasteiger partial charge in [-0.15, -0.1) is 16.8 Å². The van der Waals surface area contributed by atoms with Crippen molar-refractivity contribution >= 4 is 17.7 Å². The number of piperidine rings is 1. The van der Waals surface area contributed by atoms with Crippen LogP contribution in [0.1, 0.15) is 63.0 Å². The van der Waals surface area contributed by atoms with Crippen LogP contribution in [0.3, 0.4) is 0 Å². The predicted octanol–water partition coefficient (Wildman–Crippen LogP) is 4.66. The zero-order valence-corrected chi connectivity index (χ0v) is 21.2. The second-order valence-corrected chi connectivity index (χ2v) is 10.3. The van der Waals surface area contributed by atoms with Crippen molar-refractivity contribution in [2.24, 2.45) is 5.92 Å². The molecule has 1 saturated heterocycles. The summed E-state index contributed by atoms with van der Waals surface area (Å²) in [6, 6.07) is 8.53. The van der Waals surface area contributed by atoms with E-state index in [2.05, 4.69) is 69.7 Å². The van der Waals surface area contributed by atoms with Crippen molar-refractivity contribution in [2.45, 2.75) is 70.6 Å². The number of thioether (sulfide) groups is 1. The van der Waals surface area contributed by atoms with E-state index in [4.69, 9.17) is 0 Å². The van der Waals surface area contributed by atoms with Gasteiger partial charge in [-0.1, -0.05) is 62.4 Å². The fourth-order valence-electron chi connectivity index (χ4n) is 4.27. The fraction of sp³-hybridized carbons (Fsp3) is 0.577. The molecule has 180 valence electrons. The largest absolute Gasteiger partial charge is 0.349 e. The van der Waals surface area contributed by atoms with Gasteiger partial charge in [0.15, 0.2) is 5.16 Å². The Kier molecular flexibility index (Phi) is 10.0. The molecule has 0 radical (unpaired) electrons. The minimum atomic E-state index is -0.0302. The standard InChI is InChI=1S/C26H39N5OS/c1-5-14-31-24(13-17-30-15-7-6-8-16-30)28-29-26(31)33-19-25(32)27-21(4)23-11-9-22(10-12-23)18-20(2)3/h5,9-12,20-21H,1,6-8,13-19H2,2-4H3,(H,27,32). The molecular formula is C26H39N5OS. The molecule has 1 unspecified atom stereocenters. The number of hydrogen-bond acceptors (Lipinski definition) is 5. The van der Waals surface area contributed by atoms with Crippen LogP contribution in [0.4, 0.5) is 0 Å². The van der Waals surface area contributed by atoms with Crippen LogP contribution in [-0.4, -0.2) is 51.0 Å². The molecule has 1 aliphatic rings. The first-order valence-electron chi connectivity index (χ1n) is 12.2. The lowest BCUT2D eigenvalue weighted by atomic mass is 10.00. The maximum Gasteiger partial charge on any atom is 0.230 e. The summed E-state index contributed by atoms with van der Waals surface area (Å²) in [6.07, 6.45) is 7.73.